The van der Waals surface area contributed by atoms with Crippen molar-refractivity contribution in [2.45, 2.75) is 32.7 Å². The van der Waals surface area contributed by atoms with Gasteiger partial charge in [0.25, 0.3) is 5.91 Å². The lowest BCUT2D eigenvalue weighted by Crippen LogP contribution is -2.47. The van der Waals surface area contributed by atoms with Gasteiger partial charge in [-0.1, -0.05) is 41.4 Å². The quantitative estimate of drug-likeness (QED) is 0.850. The van der Waals surface area contributed by atoms with Crippen LogP contribution in [0.4, 0.5) is 0 Å². The van der Waals surface area contributed by atoms with Gasteiger partial charge in [0, 0.05) is 23.7 Å². The second-order valence-corrected chi connectivity index (χ2v) is 7.50. The minimum atomic E-state index is -0.178. The number of nitrogens with zero attached hydrogens (tertiary/aromatic N) is 1. The fourth-order valence-corrected chi connectivity index (χ4v) is 3.84. The van der Waals surface area contributed by atoms with Crippen molar-refractivity contribution in [3.05, 3.63) is 70.2 Å². The molecule has 0 unspecified atom stereocenters. The van der Waals surface area contributed by atoms with Crippen LogP contribution in [-0.2, 0) is 4.79 Å². The van der Waals surface area contributed by atoms with E-state index >= 15 is 0 Å². The Morgan fingerprint density at radius 2 is 1.89 bits per heavy atom. The molecule has 3 rings (SSSR count). The molecule has 2 aromatic carbocycles. The summed E-state index contributed by atoms with van der Waals surface area (Å²) in [5, 5.41) is 3.49. The highest BCUT2D eigenvalue weighted by molar-refractivity contribution is 6.30. The molecule has 2 amide bonds. The number of rotatable bonds is 4. The maximum atomic E-state index is 13.3. The second kappa shape index (κ2) is 8.57. The molecule has 1 heterocycles. The molecule has 142 valence electrons. The smallest absolute Gasteiger partial charge is 0.254 e. The molecule has 0 aromatic heterocycles. The van der Waals surface area contributed by atoms with Crippen LogP contribution in [0.2, 0.25) is 5.02 Å². The predicted octanol–water partition coefficient (Wildman–Crippen LogP) is 4.38. The first kappa shape index (κ1) is 19.4. The maximum Gasteiger partial charge on any atom is 0.254 e. The minimum absolute atomic E-state index is 0.0223. The van der Waals surface area contributed by atoms with Crippen molar-refractivity contribution in [2.75, 3.05) is 13.1 Å². The summed E-state index contributed by atoms with van der Waals surface area (Å²) in [6, 6.07) is 15.2. The van der Waals surface area contributed by atoms with Crippen LogP contribution in [-0.4, -0.2) is 29.8 Å². The van der Waals surface area contributed by atoms with Gasteiger partial charge >= 0.3 is 0 Å². The summed E-state index contributed by atoms with van der Waals surface area (Å²) in [4.78, 5) is 27.5. The Kier molecular flexibility index (Phi) is 6.17. The van der Waals surface area contributed by atoms with Gasteiger partial charge in [-0.05, 0) is 56.5 Å². The number of aryl methyl sites for hydroxylation is 1. The van der Waals surface area contributed by atoms with Crippen LogP contribution in [0.1, 0.15) is 47.3 Å². The lowest BCUT2D eigenvalue weighted by Gasteiger charge is -2.39. The summed E-state index contributed by atoms with van der Waals surface area (Å²) >= 11 is 5.97. The van der Waals surface area contributed by atoms with Gasteiger partial charge in [-0.15, -0.1) is 0 Å². The van der Waals surface area contributed by atoms with Crippen molar-refractivity contribution < 1.29 is 9.59 Å². The third kappa shape index (κ3) is 4.51. The second-order valence-electron chi connectivity index (χ2n) is 7.06. The normalized spacial score (nSPS) is 19.6. The first-order valence-electron chi connectivity index (χ1n) is 9.40. The predicted molar refractivity (Wildman–Crippen MR) is 108 cm³/mol. The Bertz CT molecular complexity index is 819. The van der Waals surface area contributed by atoms with Crippen molar-refractivity contribution >= 4 is 23.4 Å². The molecule has 0 bridgehead atoms. The van der Waals surface area contributed by atoms with E-state index in [2.05, 4.69) is 30.4 Å². The molecule has 1 aliphatic heterocycles. The van der Waals surface area contributed by atoms with Crippen LogP contribution in [0.5, 0.6) is 0 Å². The van der Waals surface area contributed by atoms with E-state index in [1.807, 2.05) is 17.9 Å². The Labute approximate surface area is 165 Å². The van der Waals surface area contributed by atoms with Crippen LogP contribution < -0.4 is 5.32 Å². The third-order valence-corrected chi connectivity index (χ3v) is 5.33. The highest BCUT2D eigenvalue weighted by atomic mass is 35.5. The van der Waals surface area contributed by atoms with Crippen LogP contribution >= 0.6 is 11.6 Å². The molecular weight excluding hydrogens is 360 g/mol. The van der Waals surface area contributed by atoms with Gasteiger partial charge in [-0.25, -0.2) is 0 Å². The Hall–Kier alpha value is -2.33. The molecule has 0 spiro atoms. The van der Waals surface area contributed by atoms with E-state index in [4.69, 9.17) is 11.6 Å². The monoisotopic (exact) mass is 384 g/mol. The van der Waals surface area contributed by atoms with Gasteiger partial charge in [-0.3, -0.25) is 9.59 Å². The van der Waals surface area contributed by atoms with E-state index in [-0.39, 0.29) is 23.8 Å². The minimum Gasteiger partial charge on any atom is -0.356 e. The SMILES string of the molecule is CCNC(=O)[C@H]1CC[C@H](c2cccc(C)c2)N(C(=O)c2ccc(Cl)cc2)C1. The average molecular weight is 385 g/mol. The van der Waals surface area contributed by atoms with Crippen LogP contribution in [0.15, 0.2) is 48.5 Å². The number of hydrogen-bond donors (Lipinski definition) is 1. The van der Waals surface area contributed by atoms with Crippen molar-refractivity contribution in [1.29, 1.82) is 0 Å². The fraction of sp³-hybridized carbons (Fsp3) is 0.364. The number of carbonyl (C=O) groups is 2. The summed E-state index contributed by atoms with van der Waals surface area (Å²) in [5.41, 5.74) is 2.87. The largest absolute Gasteiger partial charge is 0.356 e. The molecule has 2 atom stereocenters. The number of benzene rings is 2. The van der Waals surface area contributed by atoms with Gasteiger partial charge in [0.2, 0.25) is 5.91 Å². The molecule has 0 aliphatic carbocycles. The number of nitrogens with one attached hydrogen (secondary N) is 1. The van der Waals surface area contributed by atoms with Gasteiger partial charge < -0.3 is 10.2 Å². The molecule has 0 radical (unpaired) electrons. The van der Waals surface area contributed by atoms with Gasteiger partial charge in [0.1, 0.15) is 0 Å². The average Bonchev–Trinajstić information content (AvgIpc) is 2.68. The zero-order chi connectivity index (χ0) is 19.4. The highest BCUT2D eigenvalue weighted by Crippen LogP contribution is 2.35. The van der Waals surface area contributed by atoms with E-state index in [9.17, 15) is 9.59 Å². The van der Waals surface area contributed by atoms with Crippen LogP contribution in [0.3, 0.4) is 0 Å². The number of halogens is 1. The lowest BCUT2D eigenvalue weighted by atomic mass is 9.87. The van der Waals surface area contributed by atoms with E-state index in [0.29, 0.717) is 23.7 Å². The molecule has 1 aliphatic rings. The van der Waals surface area contributed by atoms with E-state index in [1.54, 1.807) is 24.3 Å². The number of carbonyl (C=O) groups excluding carboxylic acids is 2. The number of likely N-dealkylation sites (tertiary alicyclic amines) is 1. The third-order valence-electron chi connectivity index (χ3n) is 5.08. The van der Waals surface area contributed by atoms with Crippen molar-refractivity contribution in [1.82, 2.24) is 10.2 Å². The highest BCUT2D eigenvalue weighted by Gasteiger charge is 2.35. The topological polar surface area (TPSA) is 49.4 Å². The van der Waals surface area contributed by atoms with E-state index < -0.39 is 0 Å². The summed E-state index contributed by atoms with van der Waals surface area (Å²) < 4.78 is 0. The zero-order valence-corrected chi connectivity index (χ0v) is 16.5. The Morgan fingerprint density at radius 1 is 1.15 bits per heavy atom. The van der Waals surface area contributed by atoms with Gasteiger partial charge in [0.15, 0.2) is 0 Å². The summed E-state index contributed by atoms with van der Waals surface area (Å²) in [6.45, 7) is 4.98. The Balaban J connectivity index is 1.91. The number of amides is 2. The fourth-order valence-electron chi connectivity index (χ4n) is 3.71. The van der Waals surface area contributed by atoms with Crippen molar-refractivity contribution in [3.8, 4) is 0 Å². The van der Waals surface area contributed by atoms with Gasteiger partial charge in [-0.2, -0.15) is 0 Å². The van der Waals surface area contributed by atoms with Crippen molar-refractivity contribution in [3.63, 3.8) is 0 Å². The molecule has 0 saturated carbocycles. The Morgan fingerprint density at radius 3 is 2.56 bits per heavy atom. The summed E-state index contributed by atoms with van der Waals surface area (Å²) in [6.07, 6.45) is 1.54. The first-order valence-corrected chi connectivity index (χ1v) is 9.78. The number of piperidine rings is 1. The maximum absolute atomic E-state index is 13.3. The van der Waals surface area contributed by atoms with Crippen LogP contribution in [0, 0.1) is 12.8 Å². The number of hydrogen-bond acceptors (Lipinski definition) is 2. The molecular formula is C22H25ClN2O2. The van der Waals surface area contributed by atoms with E-state index in [1.165, 1.54) is 0 Å². The molecule has 1 saturated heterocycles. The van der Waals surface area contributed by atoms with Gasteiger partial charge in [0.05, 0.1) is 12.0 Å². The summed E-state index contributed by atoms with van der Waals surface area (Å²) in [5.74, 6) is -0.219. The molecule has 4 nitrogen and oxygen atoms in total. The van der Waals surface area contributed by atoms with Crippen LogP contribution in [0.25, 0.3) is 0 Å². The molecule has 27 heavy (non-hydrogen) atoms. The molecule has 2 aromatic rings. The lowest BCUT2D eigenvalue weighted by molar-refractivity contribution is -0.126. The van der Waals surface area contributed by atoms with Crippen molar-refractivity contribution in [2.24, 2.45) is 5.92 Å². The first-order chi connectivity index (χ1) is 13.0. The molecule has 5 heteroatoms. The standard InChI is InChI=1S/C22H25ClN2O2/c1-3-24-21(26)18-9-12-20(17-6-4-5-15(2)13-17)25(14-18)22(27)16-7-10-19(23)11-8-16/h4-8,10-11,13,18,20H,3,9,12,14H2,1-2H3,(H,24,26)/t18-,20+/m0/s1. The summed E-state index contributed by atoms with van der Waals surface area (Å²) in [7, 11) is 0. The molecule has 1 N–H and O–H groups in total. The van der Waals surface area contributed by atoms with E-state index in [0.717, 1.165) is 24.0 Å². The molecule has 1 fully saturated rings. The zero-order valence-electron chi connectivity index (χ0n) is 15.7.